The SMILES string of the molecule is C=CCn1c(SCC(=O)Nc2ccccc2CC)nnc1C(C)Oc1ccc(C(C)(C)C)cc1. The third kappa shape index (κ3) is 6.50. The number of allylic oxidation sites excluding steroid dienone is 1. The number of hydrogen-bond acceptors (Lipinski definition) is 5. The third-order valence-corrected chi connectivity index (χ3v) is 6.43. The Hall–Kier alpha value is -3.06. The summed E-state index contributed by atoms with van der Waals surface area (Å²) in [4.78, 5) is 12.6. The molecule has 3 aromatic rings. The van der Waals surface area contributed by atoms with E-state index in [1.54, 1.807) is 6.08 Å². The summed E-state index contributed by atoms with van der Waals surface area (Å²) in [5.41, 5.74) is 3.30. The van der Waals surface area contributed by atoms with Crippen molar-refractivity contribution in [3.8, 4) is 5.75 Å². The molecule has 34 heavy (non-hydrogen) atoms. The summed E-state index contributed by atoms with van der Waals surface area (Å²) < 4.78 is 8.10. The Bertz CT molecular complexity index is 1120. The first-order valence-electron chi connectivity index (χ1n) is 11.5. The monoisotopic (exact) mass is 478 g/mol. The molecular weight excluding hydrogens is 444 g/mol. The van der Waals surface area contributed by atoms with Crippen LogP contribution in [-0.2, 0) is 23.2 Å². The highest BCUT2D eigenvalue weighted by Gasteiger charge is 2.20. The number of aryl methyl sites for hydroxylation is 1. The van der Waals surface area contributed by atoms with Crippen LogP contribution in [-0.4, -0.2) is 26.4 Å². The van der Waals surface area contributed by atoms with Gasteiger partial charge < -0.3 is 10.1 Å². The number of hydrogen-bond donors (Lipinski definition) is 1. The number of carbonyl (C=O) groups excluding carboxylic acids is 1. The van der Waals surface area contributed by atoms with E-state index in [1.165, 1.54) is 17.3 Å². The average Bonchev–Trinajstić information content (AvgIpc) is 3.21. The fourth-order valence-electron chi connectivity index (χ4n) is 3.57. The number of amides is 1. The lowest BCUT2D eigenvalue weighted by molar-refractivity contribution is -0.113. The van der Waals surface area contributed by atoms with Crippen molar-refractivity contribution in [1.29, 1.82) is 0 Å². The molecule has 1 amide bonds. The summed E-state index contributed by atoms with van der Waals surface area (Å²) >= 11 is 1.35. The van der Waals surface area contributed by atoms with Crippen LogP contribution >= 0.6 is 11.8 Å². The van der Waals surface area contributed by atoms with Gasteiger partial charge in [0.25, 0.3) is 0 Å². The Kier molecular flexibility index (Phi) is 8.56. The lowest BCUT2D eigenvalue weighted by Gasteiger charge is -2.20. The van der Waals surface area contributed by atoms with Crippen molar-refractivity contribution >= 4 is 23.4 Å². The Morgan fingerprint density at radius 3 is 2.53 bits per heavy atom. The zero-order chi connectivity index (χ0) is 24.7. The second-order valence-corrected chi connectivity index (χ2v) is 10.1. The molecule has 180 valence electrons. The first kappa shape index (κ1) is 25.6. The average molecular weight is 479 g/mol. The Balaban J connectivity index is 1.67. The molecule has 0 bridgehead atoms. The molecule has 7 heteroatoms. The summed E-state index contributed by atoms with van der Waals surface area (Å²) in [5, 5.41) is 12.3. The minimum atomic E-state index is -0.312. The van der Waals surface area contributed by atoms with Crippen LogP contribution in [0.5, 0.6) is 5.75 Å². The van der Waals surface area contributed by atoms with Crippen LogP contribution in [0, 0.1) is 0 Å². The summed E-state index contributed by atoms with van der Waals surface area (Å²) in [6.45, 7) is 15.0. The minimum absolute atomic E-state index is 0.0798. The first-order valence-corrected chi connectivity index (χ1v) is 12.5. The van der Waals surface area contributed by atoms with Gasteiger partial charge in [-0.25, -0.2) is 0 Å². The van der Waals surface area contributed by atoms with Gasteiger partial charge in [-0.1, -0.05) is 75.9 Å². The Morgan fingerprint density at radius 1 is 1.18 bits per heavy atom. The Labute approximate surface area is 206 Å². The normalized spacial score (nSPS) is 12.3. The quantitative estimate of drug-likeness (QED) is 0.278. The molecule has 0 radical (unpaired) electrons. The molecule has 0 aliphatic heterocycles. The minimum Gasteiger partial charge on any atom is -0.483 e. The lowest BCUT2D eigenvalue weighted by atomic mass is 9.87. The van der Waals surface area contributed by atoms with Crippen molar-refractivity contribution in [3.05, 3.63) is 78.1 Å². The van der Waals surface area contributed by atoms with Crippen molar-refractivity contribution in [3.63, 3.8) is 0 Å². The molecule has 0 saturated carbocycles. The van der Waals surface area contributed by atoms with E-state index < -0.39 is 0 Å². The highest BCUT2D eigenvalue weighted by molar-refractivity contribution is 7.99. The van der Waals surface area contributed by atoms with E-state index in [0.29, 0.717) is 17.5 Å². The molecule has 0 spiro atoms. The Morgan fingerprint density at radius 2 is 1.88 bits per heavy atom. The van der Waals surface area contributed by atoms with Gasteiger partial charge in [-0.3, -0.25) is 9.36 Å². The number of nitrogens with one attached hydrogen (secondary N) is 1. The van der Waals surface area contributed by atoms with Gasteiger partial charge in [0.05, 0.1) is 5.75 Å². The number of para-hydroxylation sites is 1. The van der Waals surface area contributed by atoms with Crippen molar-refractivity contribution in [1.82, 2.24) is 14.8 Å². The molecule has 0 saturated heterocycles. The van der Waals surface area contributed by atoms with E-state index in [-0.39, 0.29) is 23.2 Å². The number of benzene rings is 2. The van der Waals surface area contributed by atoms with E-state index >= 15 is 0 Å². The van der Waals surface area contributed by atoms with Crippen LogP contribution in [0.15, 0.2) is 66.3 Å². The van der Waals surface area contributed by atoms with Crippen molar-refractivity contribution < 1.29 is 9.53 Å². The molecule has 6 nitrogen and oxygen atoms in total. The number of rotatable bonds is 10. The van der Waals surface area contributed by atoms with Gasteiger partial charge in [-0.15, -0.1) is 16.8 Å². The van der Waals surface area contributed by atoms with Gasteiger partial charge in [-0.2, -0.15) is 0 Å². The van der Waals surface area contributed by atoms with Gasteiger partial charge >= 0.3 is 0 Å². The summed E-state index contributed by atoms with van der Waals surface area (Å²) in [6, 6.07) is 16.0. The van der Waals surface area contributed by atoms with Crippen LogP contribution in [0.4, 0.5) is 5.69 Å². The maximum absolute atomic E-state index is 12.6. The zero-order valence-corrected chi connectivity index (χ0v) is 21.5. The molecule has 2 aromatic carbocycles. The largest absolute Gasteiger partial charge is 0.483 e. The molecule has 0 fully saturated rings. The highest BCUT2D eigenvalue weighted by atomic mass is 32.2. The molecule has 1 unspecified atom stereocenters. The third-order valence-electron chi connectivity index (χ3n) is 5.46. The van der Waals surface area contributed by atoms with E-state index in [4.69, 9.17) is 4.74 Å². The lowest BCUT2D eigenvalue weighted by Crippen LogP contribution is -2.16. The van der Waals surface area contributed by atoms with Gasteiger partial charge in [0, 0.05) is 12.2 Å². The maximum atomic E-state index is 12.6. The van der Waals surface area contributed by atoms with E-state index in [2.05, 4.69) is 61.9 Å². The molecule has 1 heterocycles. The van der Waals surface area contributed by atoms with Gasteiger partial charge in [0.15, 0.2) is 17.1 Å². The fourth-order valence-corrected chi connectivity index (χ4v) is 4.32. The fraction of sp³-hybridized carbons (Fsp3) is 0.370. The predicted octanol–water partition coefficient (Wildman–Crippen LogP) is 6.19. The summed E-state index contributed by atoms with van der Waals surface area (Å²) in [6.07, 6.45) is 2.34. The second-order valence-electron chi connectivity index (χ2n) is 9.12. The van der Waals surface area contributed by atoms with Gasteiger partial charge in [0.2, 0.25) is 5.91 Å². The second kappa shape index (κ2) is 11.4. The molecule has 3 rings (SSSR count). The molecule has 1 atom stereocenters. The van der Waals surface area contributed by atoms with Crippen LogP contribution in [0.3, 0.4) is 0 Å². The zero-order valence-electron chi connectivity index (χ0n) is 20.7. The van der Waals surface area contributed by atoms with E-state index in [1.807, 2.05) is 47.9 Å². The van der Waals surface area contributed by atoms with Crippen molar-refractivity contribution in [2.75, 3.05) is 11.1 Å². The summed E-state index contributed by atoms with van der Waals surface area (Å²) in [5.74, 6) is 1.62. The van der Waals surface area contributed by atoms with Crippen molar-refractivity contribution in [2.45, 2.75) is 64.3 Å². The molecule has 0 aliphatic carbocycles. The maximum Gasteiger partial charge on any atom is 0.234 e. The smallest absolute Gasteiger partial charge is 0.234 e. The highest BCUT2D eigenvalue weighted by Crippen LogP contribution is 2.28. The van der Waals surface area contributed by atoms with Crippen LogP contribution in [0.25, 0.3) is 0 Å². The van der Waals surface area contributed by atoms with Crippen LogP contribution < -0.4 is 10.1 Å². The van der Waals surface area contributed by atoms with Crippen molar-refractivity contribution in [2.24, 2.45) is 0 Å². The number of thioether (sulfide) groups is 1. The van der Waals surface area contributed by atoms with E-state index in [0.717, 1.165) is 23.4 Å². The van der Waals surface area contributed by atoms with Gasteiger partial charge in [0.1, 0.15) is 5.75 Å². The number of ether oxygens (including phenoxy) is 1. The van der Waals surface area contributed by atoms with Gasteiger partial charge in [-0.05, 0) is 48.1 Å². The molecule has 0 aliphatic rings. The molecular formula is C27H34N4O2S. The van der Waals surface area contributed by atoms with E-state index in [9.17, 15) is 4.79 Å². The van der Waals surface area contributed by atoms with Crippen LogP contribution in [0.2, 0.25) is 0 Å². The number of aromatic nitrogens is 3. The summed E-state index contributed by atoms with van der Waals surface area (Å²) in [7, 11) is 0. The molecule has 1 aromatic heterocycles. The topological polar surface area (TPSA) is 69.0 Å². The molecule has 1 N–H and O–H groups in total. The predicted molar refractivity (Wildman–Crippen MR) is 140 cm³/mol. The van der Waals surface area contributed by atoms with Crippen LogP contribution in [0.1, 0.15) is 57.7 Å². The number of anilines is 1. The first-order chi connectivity index (χ1) is 16.2. The standard InChI is InChI=1S/C27H34N4O2S/c1-7-17-31-25(19(3)33-22-15-13-21(14-16-22)27(4,5)6)29-30-26(31)34-18-24(32)28-23-12-10-9-11-20(23)8-2/h7,9-16,19H,1,8,17-18H2,2-6H3,(H,28,32). The number of carbonyl (C=O) groups is 1. The number of nitrogens with zero attached hydrogens (tertiary/aromatic N) is 3.